The van der Waals surface area contributed by atoms with Crippen molar-refractivity contribution < 1.29 is 4.52 Å². The molecule has 0 bridgehead atoms. The Kier molecular flexibility index (Phi) is 5.23. The number of rotatable bonds is 5. The first-order valence-corrected chi connectivity index (χ1v) is 9.88. The van der Waals surface area contributed by atoms with E-state index in [2.05, 4.69) is 71.9 Å². The van der Waals surface area contributed by atoms with E-state index in [1.54, 1.807) is 11.8 Å². The molecule has 0 fully saturated rings. The summed E-state index contributed by atoms with van der Waals surface area (Å²) in [6, 6.07) is 8.64. The fourth-order valence-electron chi connectivity index (χ4n) is 2.86. The summed E-state index contributed by atoms with van der Waals surface area (Å²) < 4.78 is 7.41. The number of thioether (sulfide) groups is 1. The standard InChI is InChI=1S/C20H26N4OS/c1-7-24-18(15-8-10-16(11-9-15)20(4,5)6)21-22-19(24)26-12-17-13(2)23-25-14(17)3/h8-11H,7,12H2,1-6H3. The lowest BCUT2D eigenvalue weighted by Crippen LogP contribution is -2.10. The van der Waals surface area contributed by atoms with Gasteiger partial charge >= 0.3 is 0 Å². The van der Waals surface area contributed by atoms with Crippen LogP contribution < -0.4 is 0 Å². The summed E-state index contributed by atoms with van der Waals surface area (Å²) in [6.45, 7) is 13.5. The van der Waals surface area contributed by atoms with Gasteiger partial charge in [0.05, 0.1) is 5.69 Å². The first kappa shape index (κ1) is 18.7. The van der Waals surface area contributed by atoms with Gasteiger partial charge in [-0.05, 0) is 31.7 Å². The van der Waals surface area contributed by atoms with Crippen LogP contribution in [0.4, 0.5) is 0 Å². The van der Waals surface area contributed by atoms with Crippen LogP contribution in [0.3, 0.4) is 0 Å². The Morgan fingerprint density at radius 1 is 1.08 bits per heavy atom. The summed E-state index contributed by atoms with van der Waals surface area (Å²) in [5, 5.41) is 13.8. The average Bonchev–Trinajstić information content (AvgIpc) is 3.15. The first-order valence-electron chi connectivity index (χ1n) is 8.90. The third kappa shape index (κ3) is 3.70. The van der Waals surface area contributed by atoms with Gasteiger partial charge in [0.25, 0.3) is 0 Å². The Morgan fingerprint density at radius 3 is 2.31 bits per heavy atom. The summed E-state index contributed by atoms with van der Waals surface area (Å²) in [4.78, 5) is 0. The van der Waals surface area contributed by atoms with E-state index >= 15 is 0 Å². The number of hydrogen-bond acceptors (Lipinski definition) is 5. The van der Waals surface area contributed by atoms with Gasteiger partial charge in [-0.2, -0.15) is 0 Å². The van der Waals surface area contributed by atoms with Gasteiger partial charge in [0.2, 0.25) is 0 Å². The zero-order chi connectivity index (χ0) is 18.9. The zero-order valence-corrected chi connectivity index (χ0v) is 17.1. The lowest BCUT2D eigenvalue weighted by atomic mass is 9.87. The molecule has 0 saturated heterocycles. The molecule has 2 aromatic heterocycles. The predicted molar refractivity (Wildman–Crippen MR) is 105 cm³/mol. The first-order chi connectivity index (χ1) is 12.3. The van der Waals surface area contributed by atoms with Crippen molar-refractivity contribution in [2.75, 3.05) is 0 Å². The molecule has 0 radical (unpaired) electrons. The lowest BCUT2D eigenvalue weighted by Gasteiger charge is -2.19. The molecule has 5 nitrogen and oxygen atoms in total. The lowest BCUT2D eigenvalue weighted by molar-refractivity contribution is 0.392. The van der Waals surface area contributed by atoms with Crippen LogP contribution in [0.25, 0.3) is 11.4 Å². The molecular formula is C20H26N4OS. The highest BCUT2D eigenvalue weighted by Gasteiger charge is 2.17. The van der Waals surface area contributed by atoms with Crippen LogP contribution in [-0.4, -0.2) is 19.9 Å². The molecule has 2 heterocycles. The average molecular weight is 371 g/mol. The minimum Gasteiger partial charge on any atom is -0.361 e. The van der Waals surface area contributed by atoms with Crippen molar-refractivity contribution in [3.63, 3.8) is 0 Å². The molecule has 0 unspecified atom stereocenters. The number of nitrogens with zero attached hydrogens (tertiary/aromatic N) is 4. The van der Waals surface area contributed by atoms with Gasteiger partial charge in [-0.25, -0.2) is 0 Å². The van der Waals surface area contributed by atoms with E-state index in [0.29, 0.717) is 0 Å². The van der Waals surface area contributed by atoms with Gasteiger partial charge in [0.15, 0.2) is 11.0 Å². The minimum absolute atomic E-state index is 0.145. The zero-order valence-electron chi connectivity index (χ0n) is 16.3. The smallest absolute Gasteiger partial charge is 0.191 e. The molecule has 0 N–H and O–H groups in total. The maximum absolute atomic E-state index is 5.25. The highest BCUT2D eigenvalue weighted by molar-refractivity contribution is 7.98. The Hall–Kier alpha value is -2.08. The third-order valence-electron chi connectivity index (χ3n) is 4.57. The highest BCUT2D eigenvalue weighted by Crippen LogP contribution is 2.30. The third-order valence-corrected chi connectivity index (χ3v) is 5.56. The fraction of sp³-hybridized carbons (Fsp3) is 0.450. The minimum atomic E-state index is 0.145. The topological polar surface area (TPSA) is 56.7 Å². The van der Waals surface area contributed by atoms with Crippen molar-refractivity contribution in [2.45, 2.75) is 64.4 Å². The SMILES string of the molecule is CCn1c(SCc2c(C)noc2C)nnc1-c1ccc(C(C)(C)C)cc1. The summed E-state index contributed by atoms with van der Waals surface area (Å²) >= 11 is 1.67. The molecule has 26 heavy (non-hydrogen) atoms. The molecule has 0 saturated carbocycles. The van der Waals surface area contributed by atoms with Crippen LogP contribution in [0.15, 0.2) is 33.9 Å². The summed E-state index contributed by atoms with van der Waals surface area (Å²) in [5.41, 5.74) is 4.63. The highest BCUT2D eigenvalue weighted by atomic mass is 32.2. The van der Waals surface area contributed by atoms with Crippen molar-refractivity contribution in [1.29, 1.82) is 0 Å². The Labute approximate surface area is 159 Å². The van der Waals surface area contributed by atoms with E-state index < -0.39 is 0 Å². The Morgan fingerprint density at radius 2 is 1.77 bits per heavy atom. The monoisotopic (exact) mass is 370 g/mol. The van der Waals surface area contributed by atoms with E-state index in [-0.39, 0.29) is 5.41 Å². The number of hydrogen-bond donors (Lipinski definition) is 0. The molecular weight excluding hydrogens is 344 g/mol. The van der Waals surface area contributed by atoms with Crippen LogP contribution in [0.1, 0.15) is 50.3 Å². The van der Waals surface area contributed by atoms with Crippen molar-refractivity contribution in [2.24, 2.45) is 0 Å². The van der Waals surface area contributed by atoms with Crippen molar-refractivity contribution in [1.82, 2.24) is 19.9 Å². The number of aromatic nitrogens is 4. The van der Waals surface area contributed by atoms with E-state index in [0.717, 1.165) is 45.9 Å². The maximum atomic E-state index is 5.25. The molecule has 0 spiro atoms. The van der Waals surface area contributed by atoms with Gasteiger partial charge in [0.1, 0.15) is 5.76 Å². The molecule has 1 aromatic carbocycles. The van der Waals surface area contributed by atoms with Crippen molar-refractivity contribution in [3.05, 3.63) is 46.8 Å². The van der Waals surface area contributed by atoms with Gasteiger partial charge < -0.3 is 9.09 Å². The molecule has 138 valence electrons. The summed E-state index contributed by atoms with van der Waals surface area (Å²) in [6.07, 6.45) is 0. The predicted octanol–water partition coefficient (Wildman–Crippen LogP) is 5.16. The molecule has 0 aliphatic rings. The van der Waals surface area contributed by atoms with Gasteiger partial charge in [0, 0.05) is 23.4 Å². The summed E-state index contributed by atoms with van der Waals surface area (Å²) in [7, 11) is 0. The van der Waals surface area contributed by atoms with Crippen LogP contribution >= 0.6 is 11.8 Å². The molecule has 0 amide bonds. The normalized spacial score (nSPS) is 11.9. The van der Waals surface area contributed by atoms with Gasteiger partial charge in [-0.15, -0.1) is 10.2 Å². The van der Waals surface area contributed by atoms with Crippen LogP contribution in [0, 0.1) is 13.8 Å². The quantitative estimate of drug-likeness (QED) is 0.581. The van der Waals surface area contributed by atoms with E-state index in [1.165, 1.54) is 5.56 Å². The fourth-order valence-corrected chi connectivity index (χ4v) is 4.01. The second-order valence-corrected chi connectivity index (χ2v) is 8.41. The van der Waals surface area contributed by atoms with Crippen molar-refractivity contribution >= 4 is 11.8 Å². The van der Waals surface area contributed by atoms with Gasteiger partial charge in [-0.3, -0.25) is 0 Å². The second-order valence-electron chi connectivity index (χ2n) is 7.47. The molecule has 0 aliphatic carbocycles. The van der Waals surface area contributed by atoms with E-state index in [4.69, 9.17) is 4.52 Å². The van der Waals surface area contributed by atoms with Crippen molar-refractivity contribution in [3.8, 4) is 11.4 Å². The summed E-state index contributed by atoms with van der Waals surface area (Å²) in [5.74, 6) is 2.56. The maximum Gasteiger partial charge on any atom is 0.191 e. The number of aryl methyl sites for hydroxylation is 2. The molecule has 0 aliphatic heterocycles. The Balaban J connectivity index is 1.84. The number of benzene rings is 1. The van der Waals surface area contributed by atoms with Gasteiger partial charge in [-0.1, -0.05) is 62.0 Å². The molecule has 0 atom stereocenters. The van der Waals surface area contributed by atoms with E-state index in [1.807, 2.05) is 13.8 Å². The second kappa shape index (κ2) is 7.27. The van der Waals surface area contributed by atoms with Crippen LogP contribution in [0.2, 0.25) is 0 Å². The molecule has 3 aromatic rings. The largest absolute Gasteiger partial charge is 0.361 e. The van der Waals surface area contributed by atoms with Crippen LogP contribution in [-0.2, 0) is 17.7 Å². The molecule has 6 heteroatoms. The Bertz CT molecular complexity index is 868. The van der Waals surface area contributed by atoms with E-state index in [9.17, 15) is 0 Å². The van der Waals surface area contributed by atoms with Crippen LogP contribution in [0.5, 0.6) is 0 Å². The molecule has 3 rings (SSSR count).